The van der Waals surface area contributed by atoms with Crippen molar-refractivity contribution in [3.63, 3.8) is 0 Å². The Bertz CT molecular complexity index is 992. The molecule has 2 unspecified atom stereocenters. The number of ether oxygens (including phenoxy) is 1. The zero-order chi connectivity index (χ0) is 24.7. The Labute approximate surface area is 203 Å². The van der Waals surface area contributed by atoms with Gasteiger partial charge in [0.2, 0.25) is 0 Å². The van der Waals surface area contributed by atoms with Gasteiger partial charge in [-0.3, -0.25) is 4.79 Å². The van der Waals surface area contributed by atoms with Crippen LogP contribution in [0, 0.1) is 5.92 Å². The number of halogens is 2. The van der Waals surface area contributed by atoms with Crippen molar-refractivity contribution in [3.8, 4) is 0 Å². The van der Waals surface area contributed by atoms with Crippen LogP contribution in [0.5, 0.6) is 0 Å². The number of amides is 1. The van der Waals surface area contributed by atoms with Crippen LogP contribution in [0.2, 0.25) is 0 Å². The van der Waals surface area contributed by atoms with Crippen LogP contribution in [-0.4, -0.2) is 53.6 Å². The Morgan fingerprint density at radius 2 is 2.00 bits per heavy atom. The van der Waals surface area contributed by atoms with Crippen LogP contribution in [0.4, 0.5) is 8.78 Å². The summed E-state index contributed by atoms with van der Waals surface area (Å²) in [5.74, 6) is -5.03. The van der Waals surface area contributed by atoms with Gasteiger partial charge in [0.1, 0.15) is 4.88 Å². The normalized spacial score (nSPS) is 19.5. The highest BCUT2D eigenvalue weighted by atomic mass is 32.1. The summed E-state index contributed by atoms with van der Waals surface area (Å²) in [6, 6.07) is 12.7. The maximum Gasteiger partial charge on any atom is 0.348 e. The number of methoxy groups -OCH3 is 1. The van der Waals surface area contributed by atoms with E-state index in [1.807, 2.05) is 43.3 Å². The Morgan fingerprint density at radius 1 is 1.26 bits per heavy atom. The van der Waals surface area contributed by atoms with Crippen molar-refractivity contribution in [3.05, 3.63) is 69.9 Å². The Hall–Kier alpha value is -2.58. The van der Waals surface area contributed by atoms with E-state index in [4.69, 9.17) is 4.74 Å². The topological polar surface area (TPSA) is 66.8 Å². The van der Waals surface area contributed by atoms with E-state index in [0.29, 0.717) is 17.7 Å². The van der Waals surface area contributed by atoms with Crippen molar-refractivity contribution < 1.29 is 28.2 Å². The van der Waals surface area contributed by atoms with Gasteiger partial charge in [-0.1, -0.05) is 49.4 Å². The molecule has 34 heavy (non-hydrogen) atoms. The van der Waals surface area contributed by atoms with Gasteiger partial charge < -0.3 is 14.7 Å². The van der Waals surface area contributed by atoms with Crippen molar-refractivity contribution in [1.82, 2.24) is 4.90 Å². The summed E-state index contributed by atoms with van der Waals surface area (Å²) in [6.07, 6.45) is 4.35. The van der Waals surface area contributed by atoms with Crippen LogP contribution in [0.25, 0.3) is 0 Å². The number of nitrogens with zero attached hydrogens (tertiary/aromatic N) is 1. The molecular weight excluding hydrogens is 460 g/mol. The highest BCUT2D eigenvalue weighted by Crippen LogP contribution is 2.34. The van der Waals surface area contributed by atoms with Crippen molar-refractivity contribution in [2.45, 2.75) is 57.1 Å². The van der Waals surface area contributed by atoms with E-state index in [-0.39, 0.29) is 12.5 Å². The van der Waals surface area contributed by atoms with Gasteiger partial charge in [0.25, 0.3) is 5.91 Å². The van der Waals surface area contributed by atoms with Crippen molar-refractivity contribution in [1.29, 1.82) is 0 Å². The van der Waals surface area contributed by atoms with E-state index >= 15 is 0 Å². The molecule has 2 heterocycles. The lowest BCUT2D eigenvalue weighted by Crippen LogP contribution is -2.36. The molecule has 1 aromatic heterocycles. The van der Waals surface area contributed by atoms with Crippen LogP contribution in [-0.2, 0) is 22.4 Å². The van der Waals surface area contributed by atoms with Gasteiger partial charge in [-0.25, -0.2) is 4.79 Å². The SMILES string of the molecule is COC(=O)c1ccc(CCCN2C(=O)C(F)(F)CC2/C=C/[C@@H](O)C(C)CCc2ccccc2)s1. The summed E-state index contributed by atoms with van der Waals surface area (Å²) >= 11 is 1.30. The van der Waals surface area contributed by atoms with Crippen LogP contribution >= 0.6 is 11.3 Å². The number of carbonyl (C=O) groups is 2. The smallest absolute Gasteiger partial charge is 0.348 e. The number of aliphatic hydroxyl groups excluding tert-OH is 1. The minimum Gasteiger partial charge on any atom is -0.465 e. The fraction of sp³-hybridized carbons (Fsp3) is 0.462. The van der Waals surface area contributed by atoms with Gasteiger partial charge >= 0.3 is 11.9 Å². The third-order valence-corrected chi connectivity index (χ3v) is 7.28. The van der Waals surface area contributed by atoms with E-state index in [1.165, 1.54) is 28.9 Å². The first-order chi connectivity index (χ1) is 16.2. The lowest BCUT2D eigenvalue weighted by atomic mass is 9.95. The van der Waals surface area contributed by atoms with E-state index in [9.17, 15) is 23.5 Å². The number of hydrogen-bond donors (Lipinski definition) is 1. The highest BCUT2D eigenvalue weighted by Gasteiger charge is 2.52. The third kappa shape index (κ3) is 6.73. The van der Waals surface area contributed by atoms with Crippen molar-refractivity contribution >= 4 is 23.2 Å². The number of likely N-dealkylation sites (tertiary alicyclic amines) is 1. The van der Waals surface area contributed by atoms with Crippen LogP contribution in [0.3, 0.4) is 0 Å². The number of carbonyl (C=O) groups excluding carboxylic acids is 2. The molecule has 3 rings (SSSR count). The molecule has 0 bridgehead atoms. The maximum absolute atomic E-state index is 14.2. The molecule has 8 heteroatoms. The molecule has 1 N–H and O–H groups in total. The number of thiophene rings is 1. The van der Waals surface area contributed by atoms with E-state index in [0.717, 1.165) is 17.7 Å². The summed E-state index contributed by atoms with van der Waals surface area (Å²) in [5.41, 5.74) is 1.18. The number of benzene rings is 1. The Morgan fingerprint density at radius 3 is 2.71 bits per heavy atom. The van der Waals surface area contributed by atoms with Crippen molar-refractivity contribution in [2.75, 3.05) is 13.7 Å². The van der Waals surface area contributed by atoms with Gasteiger partial charge in [-0.2, -0.15) is 8.78 Å². The van der Waals surface area contributed by atoms with Crippen LogP contribution in [0.15, 0.2) is 54.6 Å². The summed E-state index contributed by atoms with van der Waals surface area (Å²) < 4.78 is 33.0. The summed E-state index contributed by atoms with van der Waals surface area (Å²) in [5, 5.41) is 10.5. The second kappa shape index (κ2) is 11.7. The number of aliphatic hydroxyl groups is 1. The highest BCUT2D eigenvalue weighted by molar-refractivity contribution is 7.13. The fourth-order valence-corrected chi connectivity index (χ4v) is 5.02. The lowest BCUT2D eigenvalue weighted by molar-refractivity contribution is -0.148. The van der Waals surface area contributed by atoms with Crippen LogP contribution < -0.4 is 0 Å². The standard InChI is InChI=1S/C26H31F2NO4S/c1-18(10-11-19-7-4-3-5-8-19)22(30)14-12-20-17-26(27,28)25(32)29(20)16-6-9-21-13-15-23(34-21)24(31)33-2/h3-5,7-8,12-15,18,20,22,30H,6,9-11,16-17H2,1-2H3/b14-12+/t18?,20?,22-/m1/s1. The first-order valence-corrected chi connectivity index (χ1v) is 12.3. The second-order valence-corrected chi connectivity index (χ2v) is 9.88. The van der Waals surface area contributed by atoms with Gasteiger partial charge in [0, 0.05) is 17.8 Å². The Kier molecular flexibility index (Phi) is 8.97. The average Bonchev–Trinajstić information content (AvgIpc) is 3.39. The molecule has 1 amide bonds. The molecule has 0 aliphatic carbocycles. The number of esters is 1. The average molecular weight is 492 g/mol. The number of aryl methyl sites for hydroxylation is 2. The number of alkyl halides is 2. The largest absolute Gasteiger partial charge is 0.465 e. The first kappa shape index (κ1) is 26.0. The zero-order valence-electron chi connectivity index (χ0n) is 19.5. The van der Waals surface area contributed by atoms with E-state index in [2.05, 4.69) is 0 Å². The molecule has 5 nitrogen and oxygen atoms in total. The van der Waals surface area contributed by atoms with Crippen LogP contribution in [0.1, 0.15) is 46.3 Å². The summed E-state index contributed by atoms with van der Waals surface area (Å²) in [6.45, 7) is 2.10. The predicted molar refractivity (Wildman–Crippen MR) is 128 cm³/mol. The maximum atomic E-state index is 14.2. The molecule has 3 atom stereocenters. The monoisotopic (exact) mass is 491 g/mol. The minimum atomic E-state index is -3.40. The summed E-state index contributed by atoms with van der Waals surface area (Å²) in [7, 11) is 1.32. The third-order valence-electron chi connectivity index (χ3n) is 6.15. The first-order valence-electron chi connectivity index (χ1n) is 11.5. The lowest BCUT2D eigenvalue weighted by Gasteiger charge is -2.22. The second-order valence-electron chi connectivity index (χ2n) is 8.71. The zero-order valence-corrected chi connectivity index (χ0v) is 20.3. The number of hydrogen-bond acceptors (Lipinski definition) is 5. The molecule has 0 spiro atoms. The van der Waals surface area contributed by atoms with Crippen molar-refractivity contribution in [2.24, 2.45) is 5.92 Å². The summed E-state index contributed by atoms with van der Waals surface area (Å²) in [4.78, 5) is 26.5. The van der Waals surface area contributed by atoms with Gasteiger partial charge in [-0.15, -0.1) is 11.3 Å². The predicted octanol–water partition coefficient (Wildman–Crippen LogP) is 4.89. The molecule has 0 radical (unpaired) electrons. The molecule has 0 saturated carbocycles. The number of rotatable bonds is 11. The molecule has 1 aliphatic heterocycles. The Balaban J connectivity index is 1.54. The fourth-order valence-electron chi connectivity index (χ4n) is 4.05. The molecule has 1 saturated heterocycles. The van der Waals surface area contributed by atoms with Gasteiger partial charge in [0.15, 0.2) is 0 Å². The van der Waals surface area contributed by atoms with E-state index < -0.39 is 36.4 Å². The molecule has 1 aromatic carbocycles. The van der Waals surface area contributed by atoms with Gasteiger partial charge in [-0.05, 0) is 49.3 Å². The minimum absolute atomic E-state index is 0.0506. The molecule has 184 valence electrons. The molecule has 1 aliphatic rings. The quantitative estimate of drug-likeness (QED) is 0.359. The molecule has 2 aromatic rings. The molecular formula is C26H31F2NO4S. The molecule has 1 fully saturated rings. The van der Waals surface area contributed by atoms with E-state index in [1.54, 1.807) is 18.2 Å². The van der Waals surface area contributed by atoms with Gasteiger partial charge in [0.05, 0.1) is 19.3 Å².